The smallest absolute Gasteiger partial charge is 0.291 e. The number of likely N-dealkylation sites (N-methyl/N-ethyl adjacent to an activating group) is 1. The zero-order valence-corrected chi connectivity index (χ0v) is 22.1. The molecule has 1 aromatic heterocycles. The van der Waals surface area contributed by atoms with Crippen LogP contribution in [0.1, 0.15) is 78.9 Å². The number of hydrogen-bond donors (Lipinski definition) is 2. The van der Waals surface area contributed by atoms with E-state index in [1.165, 1.54) is 31.2 Å². The van der Waals surface area contributed by atoms with Crippen LogP contribution in [0.5, 0.6) is 0 Å². The molecule has 0 spiro atoms. The van der Waals surface area contributed by atoms with Crippen LogP contribution in [0.4, 0.5) is 11.4 Å². The first kappa shape index (κ1) is 26.2. The van der Waals surface area contributed by atoms with Crippen LogP contribution in [0, 0.1) is 24.2 Å². The van der Waals surface area contributed by atoms with Crippen LogP contribution in [-0.4, -0.2) is 67.2 Å². The van der Waals surface area contributed by atoms with Gasteiger partial charge in [0.15, 0.2) is 11.5 Å². The van der Waals surface area contributed by atoms with E-state index in [9.17, 15) is 10.1 Å². The molecule has 0 radical (unpaired) electrons. The van der Waals surface area contributed by atoms with Gasteiger partial charge in [0.05, 0.1) is 23.7 Å². The highest BCUT2D eigenvalue weighted by Crippen LogP contribution is 2.39. The summed E-state index contributed by atoms with van der Waals surface area (Å²) < 4.78 is 5.25. The van der Waals surface area contributed by atoms with Gasteiger partial charge in [-0.25, -0.2) is 4.98 Å². The Morgan fingerprint density at radius 1 is 1.25 bits per heavy atom. The molecular formula is C28H40N6O2. The van der Waals surface area contributed by atoms with E-state index in [-0.39, 0.29) is 17.4 Å². The summed E-state index contributed by atoms with van der Waals surface area (Å²) in [5.74, 6) is 1.11. The Balaban J connectivity index is 1.51. The van der Waals surface area contributed by atoms with Crippen molar-refractivity contribution in [1.29, 1.82) is 5.26 Å². The lowest BCUT2D eigenvalue weighted by Crippen LogP contribution is -2.37. The van der Waals surface area contributed by atoms with Crippen LogP contribution in [0.3, 0.4) is 0 Å². The largest absolute Gasteiger partial charge is 0.383 e. The van der Waals surface area contributed by atoms with Gasteiger partial charge in [0, 0.05) is 32.8 Å². The second kappa shape index (κ2) is 11.9. The van der Waals surface area contributed by atoms with Crippen LogP contribution in [0.15, 0.2) is 18.2 Å². The molecule has 2 aliphatic rings. The molecule has 1 aliphatic heterocycles. The fourth-order valence-corrected chi connectivity index (χ4v) is 5.55. The van der Waals surface area contributed by atoms with E-state index >= 15 is 0 Å². The second-order valence-electron chi connectivity index (χ2n) is 10.5. The summed E-state index contributed by atoms with van der Waals surface area (Å²) in [6.45, 7) is 7.79. The van der Waals surface area contributed by atoms with Gasteiger partial charge in [-0.15, -0.1) is 0 Å². The van der Waals surface area contributed by atoms with Crippen molar-refractivity contribution < 1.29 is 9.53 Å². The quantitative estimate of drug-likeness (QED) is 0.555. The first-order valence-electron chi connectivity index (χ1n) is 13.3. The molecule has 8 heteroatoms. The minimum Gasteiger partial charge on any atom is -0.383 e. The molecule has 36 heavy (non-hydrogen) atoms. The van der Waals surface area contributed by atoms with E-state index in [0.717, 1.165) is 56.4 Å². The number of nitriles is 1. The topological polar surface area (TPSA) is 97.3 Å². The molecule has 0 bridgehead atoms. The van der Waals surface area contributed by atoms with Crippen LogP contribution in [0.25, 0.3) is 0 Å². The van der Waals surface area contributed by atoms with Crippen molar-refractivity contribution in [2.75, 3.05) is 50.6 Å². The Bertz CT molecular complexity index is 1070. The molecule has 8 nitrogen and oxygen atoms in total. The number of methoxy groups -OCH3 is 1. The Kier molecular flexibility index (Phi) is 8.65. The number of aromatic amines is 1. The van der Waals surface area contributed by atoms with Crippen LogP contribution in [-0.2, 0) is 4.74 Å². The van der Waals surface area contributed by atoms with Gasteiger partial charge < -0.3 is 24.8 Å². The molecular weight excluding hydrogens is 452 g/mol. The Labute approximate surface area is 215 Å². The van der Waals surface area contributed by atoms with Gasteiger partial charge in [0.25, 0.3) is 5.91 Å². The molecule has 2 aromatic rings. The highest BCUT2D eigenvalue weighted by Gasteiger charge is 2.27. The van der Waals surface area contributed by atoms with E-state index in [4.69, 9.17) is 4.74 Å². The summed E-state index contributed by atoms with van der Waals surface area (Å²) in [5.41, 5.74) is 4.12. The number of benzene rings is 1. The molecule has 1 saturated heterocycles. The van der Waals surface area contributed by atoms with Crippen molar-refractivity contribution >= 4 is 17.3 Å². The van der Waals surface area contributed by atoms with E-state index in [1.54, 1.807) is 14.0 Å². The third-order valence-corrected chi connectivity index (χ3v) is 8.04. The van der Waals surface area contributed by atoms with Gasteiger partial charge >= 0.3 is 0 Å². The summed E-state index contributed by atoms with van der Waals surface area (Å²) in [4.78, 5) is 24.9. The van der Waals surface area contributed by atoms with E-state index in [1.807, 2.05) is 6.07 Å². The number of ether oxygens (including phenoxy) is 1. The fourth-order valence-electron chi connectivity index (χ4n) is 5.55. The van der Waals surface area contributed by atoms with Crippen molar-refractivity contribution in [2.45, 2.75) is 64.3 Å². The van der Waals surface area contributed by atoms with E-state index < -0.39 is 0 Å². The van der Waals surface area contributed by atoms with Crippen LogP contribution < -0.4 is 10.2 Å². The van der Waals surface area contributed by atoms with Gasteiger partial charge in [0.1, 0.15) is 6.07 Å². The number of carbonyl (C=O) groups excluding carboxylic acids is 1. The Morgan fingerprint density at radius 2 is 1.97 bits per heavy atom. The van der Waals surface area contributed by atoms with Gasteiger partial charge in [-0.2, -0.15) is 5.26 Å². The number of aromatic nitrogens is 2. The maximum atomic E-state index is 13.0. The molecule has 194 valence electrons. The Morgan fingerprint density at radius 3 is 2.61 bits per heavy atom. The van der Waals surface area contributed by atoms with Gasteiger partial charge in [-0.05, 0) is 82.0 Å². The van der Waals surface area contributed by atoms with Crippen molar-refractivity contribution in [3.8, 4) is 6.07 Å². The van der Waals surface area contributed by atoms with Crippen molar-refractivity contribution in [3.63, 3.8) is 0 Å². The zero-order valence-electron chi connectivity index (χ0n) is 22.1. The molecule has 1 amide bonds. The van der Waals surface area contributed by atoms with Gasteiger partial charge in [0.2, 0.25) is 0 Å². The molecule has 2 N–H and O–H groups in total. The van der Waals surface area contributed by atoms with Crippen LogP contribution in [0.2, 0.25) is 0 Å². The fraction of sp³-hybridized carbons (Fsp3) is 0.607. The number of nitrogens with zero attached hydrogens (tertiary/aromatic N) is 4. The maximum Gasteiger partial charge on any atom is 0.291 e. The average molecular weight is 493 g/mol. The third-order valence-electron chi connectivity index (χ3n) is 8.04. The number of piperidine rings is 1. The molecule has 1 aromatic carbocycles. The molecule has 1 aliphatic carbocycles. The number of imidazole rings is 1. The maximum absolute atomic E-state index is 13.0. The standard InChI is InChI=1S/C28H40N6O2/c1-19-11-13-34(14-12-19)26-17-22(21-5-8-23(9-6-21)33(3)15-16-36-4)7-10-24(26)32-28(35)27-30-20(2)25(18-29)31-27/h7,10,17,19,21,23H,5-6,8-9,11-16H2,1-4H3,(H,30,31)(H,32,35). The van der Waals surface area contributed by atoms with E-state index in [0.29, 0.717) is 17.7 Å². The zero-order chi connectivity index (χ0) is 25.7. The molecule has 2 heterocycles. The lowest BCUT2D eigenvalue weighted by Gasteiger charge is -2.36. The highest BCUT2D eigenvalue weighted by molar-refractivity contribution is 6.03. The lowest BCUT2D eigenvalue weighted by molar-refractivity contribution is 0.101. The van der Waals surface area contributed by atoms with E-state index in [2.05, 4.69) is 57.3 Å². The minimum absolute atomic E-state index is 0.169. The van der Waals surface area contributed by atoms with Crippen LogP contribution >= 0.6 is 0 Å². The summed E-state index contributed by atoms with van der Waals surface area (Å²) in [5, 5.41) is 12.3. The Hall–Kier alpha value is -2.89. The first-order chi connectivity index (χ1) is 17.4. The molecule has 0 unspecified atom stereocenters. The molecule has 1 saturated carbocycles. The van der Waals surface area contributed by atoms with Crippen molar-refractivity contribution in [2.24, 2.45) is 5.92 Å². The number of aryl methyl sites for hydroxylation is 1. The average Bonchev–Trinajstić information content (AvgIpc) is 3.29. The normalized spacial score (nSPS) is 20.9. The summed E-state index contributed by atoms with van der Waals surface area (Å²) in [7, 11) is 3.97. The molecule has 4 rings (SSSR count). The van der Waals surface area contributed by atoms with Crippen molar-refractivity contribution in [3.05, 3.63) is 41.0 Å². The number of rotatable bonds is 8. The number of amides is 1. The van der Waals surface area contributed by atoms with Crippen molar-refractivity contribution in [1.82, 2.24) is 14.9 Å². The van der Waals surface area contributed by atoms with Gasteiger partial charge in [-0.1, -0.05) is 13.0 Å². The number of anilines is 2. The molecule has 2 fully saturated rings. The predicted octanol–water partition coefficient (Wildman–Crippen LogP) is 4.68. The third kappa shape index (κ3) is 6.08. The number of nitrogens with one attached hydrogen (secondary N) is 2. The van der Waals surface area contributed by atoms with Gasteiger partial charge in [-0.3, -0.25) is 4.79 Å². The highest BCUT2D eigenvalue weighted by atomic mass is 16.5. The monoisotopic (exact) mass is 492 g/mol. The lowest BCUT2D eigenvalue weighted by atomic mass is 9.81. The summed E-state index contributed by atoms with van der Waals surface area (Å²) >= 11 is 0. The minimum atomic E-state index is -0.321. The number of hydrogen-bond acceptors (Lipinski definition) is 6. The first-order valence-corrected chi connectivity index (χ1v) is 13.3. The SMILES string of the molecule is COCCN(C)C1CCC(c2ccc(NC(=O)c3nc(C#N)c(C)[nH]3)c(N3CCC(C)CC3)c2)CC1. The number of H-pyrrole nitrogens is 1. The second-order valence-corrected chi connectivity index (χ2v) is 10.5. The predicted molar refractivity (Wildman–Crippen MR) is 143 cm³/mol. The molecule has 0 atom stereocenters. The number of carbonyl (C=O) groups is 1. The summed E-state index contributed by atoms with van der Waals surface area (Å²) in [6.07, 6.45) is 7.04. The summed E-state index contributed by atoms with van der Waals surface area (Å²) in [6, 6.07) is 9.18.